The minimum Gasteiger partial charge on any atom is -0.393 e. The lowest BCUT2D eigenvalue weighted by atomic mass is 10.2. The highest BCUT2D eigenvalue weighted by molar-refractivity contribution is 4.54. The van der Waals surface area contributed by atoms with Gasteiger partial charge < -0.3 is 14.6 Å². The van der Waals surface area contributed by atoms with Gasteiger partial charge in [-0.3, -0.25) is 0 Å². The van der Waals surface area contributed by atoms with Crippen molar-refractivity contribution >= 4 is 0 Å². The van der Waals surface area contributed by atoms with Crippen molar-refractivity contribution in [1.82, 2.24) is 0 Å². The first kappa shape index (κ1) is 9.88. The van der Waals surface area contributed by atoms with Crippen LogP contribution in [0.4, 0.5) is 0 Å². The monoisotopic (exact) mass is 148 g/mol. The van der Waals surface area contributed by atoms with E-state index in [0.29, 0.717) is 6.42 Å². The molecule has 0 aliphatic rings. The van der Waals surface area contributed by atoms with Crippen LogP contribution in [0.3, 0.4) is 0 Å². The fourth-order valence-corrected chi connectivity index (χ4v) is 0.677. The van der Waals surface area contributed by atoms with Gasteiger partial charge in [0.05, 0.1) is 6.10 Å². The van der Waals surface area contributed by atoms with E-state index in [1.165, 1.54) is 0 Å². The number of hydrogen-bond donors (Lipinski definition) is 1. The highest BCUT2D eigenvalue weighted by Crippen LogP contribution is 2.04. The largest absolute Gasteiger partial charge is 0.393 e. The summed E-state index contributed by atoms with van der Waals surface area (Å²) in [4.78, 5) is 0. The van der Waals surface area contributed by atoms with E-state index in [4.69, 9.17) is 14.6 Å². The molecule has 0 aliphatic heterocycles. The summed E-state index contributed by atoms with van der Waals surface area (Å²) < 4.78 is 9.78. The molecule has 0 bridgehead atoms. The van der Waals surface area contributed by atoms with Crippen molar-refractivity contribution in [2.24, 2.45) is 0 Å². The Morgan fingerprint density at radius 1 is 1.30 bits per heavy atom. The van der Waals surface area contributed by atoms with Crippen LogP contribution in [0.15, 0.2) is 0 Å². The molecule has 10 heavy (non-hydrogen) atoms. The summed E-state index contributed by atoms with van der Waals surface area (Å²) in [6.45, 7) is 1.92. The predicted octanol–water partition coefficient (Wildman–Crippen LogP) is 0.766. The molecular weight excluding hydrogens is 132 g/mol. The van der Waals surface area contributed by atoms with Gasteiger partial charge >= 0.3 is 0 Å². The fourth-order valence-electron chi connectivity index (χ4n) is 0.677. The summed E-state index contributed by atoms with van der Waals surface area (Å²) in [5.41, 5.74) is 0. The highest BCUT2D eigenvalue weighted by Gasteiger charge is 2.10. The van der Waals surface area contributed by atoms with Crippen LogP contribution >= 0.6 is 0 Å². The van der Waals surface area contributed by atoms with Gasteiger partial charge in [0.2, 0.25) is 0 Å². The zero-order valence-corrected chi connectivity index (χ0v) is 6.83. The Morgan fingerprint density at radius 2 is 1.80 bits per heavy atom. The first-order valence-corrected chi connectivity index (χ1v) is 3.48. The average Bonchev–Trinajstić information content (AvgIpc) is 1.99. The van der Waals surface area contributed by atoms with Crippen molar-refractivity contribution in [2.75, 3.05) is 14.2 Å². The molecule has 3 nitrogen and oxygen atoms in total. The number of aliphatic hydroxyl groups is 1. The Hall–Kier alpha value is -0.120. The van der Waals surface area contributed by atoms with Gasteiger partial charge in [-0.15, -0.1) is 0 Å². The number of ether oxygens (including phenoxy) is 2. The average molecular weight is 148 g/mol. The second-order valence-corrected chi connectivity index (χ2v) is 2.20. The standard InChI is InChI=1S/C7H16O3/c1-4-6(8)5-7(9-2)10-3/h6-8H,4-5H2,1-3H3. The highest BCUT2D eigenvalue weighted by atomic mass is 16.7. The molecule has 1 N–H and O–H groups in total. The van der Waals surface area contributed by atoms with Crippen LogP contribution in [0, 0.1) is 0 Å². The maximum Gasteiger partial charge on any atom is 0.159 e. The van der Waals surface area contributed by atoms with Crippen molar-refractivity contribution in [1.29, 1.82) is 0 Å². The molecule has 0 heterocycles. The van der Waals surface area contributed by atoms with E-state index >= 15 is 0 Å². The number of methoxy groups -OCH3 is 2. The Balaban J connectivity index is 3.41. The van der Waals surface area contributed by atoms with Crippen molar-refractivity contribution < 1.29 is 14.6 Å². The summed E-state index contributed by atoms with van der Waals surface area (Å²) in [7, 11) is 3.13. The molecule has 0 fully saturated rings. The van der Waals surface area contributed by atoms with Crippen molar-refractivity contribution in [2.45, 2.75) is 32.2 Å². The SMILES string of the molecule is CCC(O)CC(OC)OC. The maximum atomic E-state index is 9.13. The van der Waals surface area contributed by atoms with E-state index < -0.39 is 0 Å². The summed E-state index contributed by atoms with van der Waals surface area (Å²) in [6.07, 6.45) is 0.701. The summed E-state index contributed by atoms with van der Waals surface area (Å²) >= 11 is 0. The van der Waals surface area contributed by atoms with Crippen molar-refractivity contribution in [3.05, 3.63) is 0 Å². The van der Waals surface area contributed by atoms with E-state index in [1.807, 2.05) is 6.92 Å². The third-order valence-corrected chi connectivity index (χ3v) is 1.46. The molecule has 0 saturated heterocycles. The zero-order chi connectivity index (χ0) is 7.98. The number of hydrogen-bond acceptors (Lipinski definition) is 3. The summed E-state index contributed by atoms with van der Waals surface area (Å²) in [6, 6.07) is 0. The first-order chi connectivity index (χ1) is 4.74. The molecule has 0 spiro atoms. The van der Waals surface area contributed by atoms with Gasteiger partial charge in [-0.1, -0.05) is 6.92 Å². The van der Waals surface area contributed by atoms with Crippen LogP contribution in [0.2, 0.25) is 0 Å². The zero-order valence-electron chi connectivity index (χ0n) is 6.83. The normalized spacial score (nSPS) is 14.1. The van der Waals surface area contributed by atoms with Crippen LogP contribution in [-0.4, -0.2) is 31.7 Å². The van der Waals surface area contributed by atoms with Gasteiger partial charge in [-0.25, -0.2) is 0 Å². The van der Waals surface area contributed by atoms with Crippen LogP contribution in [0.25, 0.3) is 0 Å². The Bertz CT molecular complexity index is 71.3. The van der Waals surface area contributed by atoms with E-state index in [0.717, 1.165) is 6.42 Å². The molecule has 0 saturated carbocycles. The molecule has 0 amide bonds. The van der Waals surface area contributed by atoms with E-state index in [2.05, 4.69) is 0 Å². The number of aliphatic hydroxyl groups excluding tert-OH is 1. The van der Waals surface area contributed by atoms with E-state index in [1.54, 1.807) is 14.2 Å². The second kappa shape index (κ2) is 5.65. The predicted molar refractivity (Wildman–Crippen MR) is 38.7 cm³/mol. The maximum absolute atomic E-state index is 9.13. The Labute approximate surface area is 62.0 Å². The molecule has 0 rings (SSSR count). The Morgan fingerprint density at radius 3 is 2.10 bits per heavy atom. The lowest BCUT2D eigenvalue weighted by Gasteiger charge is -2.15. The van der Waals surface area contributed by atoms with Gasteiger partial charge in [0.1, 0.15) is 0 Å². The third-order valence-electron chi connectivity index (χ3n) is 1.46. The smallest absolute Gasteiger partial charge is 0.159 e. The molecular formula is C7H16O3. The molecule has 0 aromatic rings. The topological polar surface area (TPSA) is 38.7 Å². The number of rotatable bonds is 5. The van der Waals surface area contributed by atoms with Gasteiger partial charge in [-0.2, -0.15) is 0 Å². The van der Waals surface area contributed by atoms with Crippen LogP contribution in [0.1, 0.15) is 19.8 Å². The lowest BCUT2D eigenvalue weighted by molar-refractivity contribution is -0.122. The summed E-state index contributed by atoms with van der Waals surface area (Å²) in [5.74, 6) is 0. The second-order valence-electron chi connectivity index (χ2n) is 2.20. The minimum absolute atomic E-state index is 0.269. The molecule has 3 heteroatoms. The molecule has 0 aromatic heterocycles. The first-order valence-electron chi connectivity index (χ1n) is 3.48. The fraction of sp³-hybridized carbons (Fsp3) is 1.00. The molecule has 0 radical (unpaired) electrons. The van der Waals surface area contributed by atoms with Crippen LogP contribution in [0.5, 0.6) is 0 Å². The van der Waals surface area contributed by atoms with Gasteiger partial charge in [0.25, 0.3) is 0 Å². The molecule has 62 valence electrons. The summed E-state index contributed by atoms with van der Waals surface area (Å²) in [5, 5.41) is 9.13. The van der Waals surface area contributed by atoms with Gasteiger partial charge in [0.15, 0.2) is 6.29 Å². The third kappa shape index (κ3) is 3.82. The Kier molecular flexibility index (Phi) is 5.58. The quantitative estimate of drug-likeness (QED) is 0.585. The molecule has 0 aliphatic carbocycles. The molecule has 0 aromatic carbocycles. The molecule has 1 atom stereocenters. The van der Waals surface area contributed by atoms with Crippen LogP contribution in [-0.2, 0) is 9.47 Å². The van der Waals surface area contributed by atoms with Gasteiger partial charge in [-0.05, 0) is 6.42 Å². The van der Waals surface area contributed by atoms with E-state index in [-0.39, 0.29) is 12.4 Å². The van der Waals surface area contributed by atoms with Gasteiger partial charge in [0, 0.05) is 20.6 Å². The lowest BCUT2D eigenvalue weighted by Crippen LogP contribution is -2.20. The van der Waals surface area contributed by atoms with E-state index in [9.17, 15) is 0 Å². The van der Waals surface area contributed by atoms with Crippen molar-refractivity contribution in [3.8, 4) is 0 Å². The minimum atomic E-state index is -0.315. The molecule has 1 unspecified atom stereocenters. The van der Waals surface area contributed by atoms with Crippen LogP contribution < -0.4 is 0 Å². The van der Waals surface area contributed by atoms with Crippen molar-refractivity contribution in [3.63, 3.8) is 0 Å².